The van der Waals surface area contributed by atoms with Crippen molar-refractivity contribution >= 4 is 5.91 Å². The van der Waals surface area contributed by atoms with Crippen LogP contribution in [0.1, 0.15) is 0 Å². The molecule has 0 heterocycles. The van der Waals surface area contributed by atoms with Crippen LogP contribution >= 0.6 is 0 Å². The molecular weight excluding hydrogens is 220 g/mol. The first-order valence-electron chi connectivity index (χ1n) is 5.44. The summed E-state index contributed by atoms with van der Waals surface area (Å²) in [6, 6.07) is 7.31. The minimum absolute atomic E-state index is 0.0363. The zero-order chi connectivity index (χ0) is 12.5. The lowest BCUT2D eigenvalue weighted by molar-refractivity contribution is -0.120. The number of rotatable bonds is 7. The Kier molecular flexibility index (Phi) is 5.88. The fourth-order valence-electron chi connectivity index (χ4n) is 1.25. The summed E-state index contributed by atoms with van der Waals surface area (Å²) in [6.07, 6.45) is 0. The van der Waals surface area contributed by atoms with E-state index in [9.17, 15) is 4.79 Å². The standard InChI is InChI=1S/C12H18N2O3/c1-13-9-12(15)14-7-8-17-11-5-3-10(16-2)4-6-11/h3-6,13H,7-9H2,1-2H3,(H,14,15). The number of benzene rings is 1. The molecule has 0 fully saturated rings. The molecular formula is C12H18N2O3. The number of hydrogen-bond donors (Lipinski definition) is 2. The summed E-state index contributed by atoms with van der Waals surface area (Å²) in [5.41, 5.74) is 0. The number of carbonyl (C=O) groups excluding carboxylic acids is 1. The summed E-state index contributed by atoms with van der Waals surface area (Å²) in [4.78, 5) is 11.1. The van der Waals surface area contributed by atoms with Gasteiger partial charge in [0.1, 0.15) is 18.1 Å². The van der Waals surface area contributed by atoms with Crippen LogP contribution in [0, 0.1) is 0 Å². The van der Waals surface area contributed by atoms with Crippen molar-refractivity contribution in [3.63, 3.8) is 0 Å². The van der Waals surface area contributed by atoms with E-state index < -0.39 is 0 Å². The van der Waals surface area contributed by atoms with Crippen molar-refractivity contribution in [3.05, 3.63) is 24.3 Å². The fourth-order valence-corrected chi connectivity index (χ4v) is 1.25. The van der Waals surface area contributed by atoms with Gasteiger partial charge < -0.3 is 20.1 Å². The predicted octanol–water partition coefficient (Wildman–Crippen LogP) is 0.410. The van der Waals surface area contributed by atoms with Crippen LogP contribution < -0.4 is 20.1 Å². The van der Waals surface area contributed by atoms with Gasteiger partial charge in [-0.25, -0.2) is 0 Å². The normalized spacial score (nSPS) is 9.76. The fraction of sp³-hybridized carbons (Fsp3) is 0.417. The van der Waals surface area contributed by atoms with Crippen molar-refractivity contribution in [2.45, 2.75) is 0 Å². The van der Waals surface area contributed by atoms with Crippen LogP contribution in [0.2, 0.25) is 0 Å². The van der Waals surface area contributed by atoms with E-state index in [1.54, 1.807) is 14.2 Å². The average molecular weight is 238 g/mol. The van der Waals surface area contributed by atoms with Crippen LogP contribution in [-0.4, -0.2) is 39.8 Å². The topological polar surface area (TPSA) is 59.6 Å². The van der Waals surface area contributed by atoms with Crippen molar-refractivity contribution in [3.8, 4) is 11.5 Å². The van der Waals surface area contributed by atoms with Crippen molar-refractivity contribution in [2.75, 3.05) is 33.9 Å². The lowest BCUT2D eigenvalue weighted by Crippen LogP contribution is -2.34. The maximum absolute atomic E-state index is 11.1. The van der Waals surface area contributed by atoms with Gasteiger partial charge in [-0.15, -0.1) is 0 Å². The Morgan fingerprint density at radius 3 is 2.47 bits per heavy atom. The van der Waals surface area contributed by atoms with Gasteiger partial charge in [-0.1, -0.05) is 0 Å². The Bertz CT molecular complexity index is 338. The summed E-state index contributed by atoms with van der Waals surface area (Å²) >= 11 is 0. The number of carbonyl (C=O) groups is 1. The molecule has 0 unspecified atom stereocenters. The molecule has 0 atom stereocenters. The number of amides is 1. The van der Waals surface area contributed by atoms with Gasteiger partial charge in [0.15, 0.2) is 0 Å². The number of methoxy groups -OCH3 is 1. The van der Waals surface area contributed by atoms with E-state index in [1.165, 1.54) is 0 Å². The molecule has 0 aliphatic carbocycles. The van der Waals surface area contributed by atoms with E-state index >= 15 is 0 Å². The molecule has 1 amide bonds. The van der Waals surface area contributed by atoms with Crippen molar-refractivity contribution < 1.29 is 14.3 Å². The van der Waals surface area contributed by atoms with E-state index in [1.807, 2.05) is 24.3 Å². The first-order valence-corrected chi connectivity index (χ1v) is 5.44. The summed E-state index contributed by atoms with van der Waals surface area (Å²) in [6.45, 7) is 1.26. The largest absolute Gasteiger partial charge is 0.497 e. The molecule has 0 saturated heterocycles. The van der Waals surface area contributed by atoms with E-state index in [-0.39, 0.29) is 5.91 Å². The summed E-state index contributed by atoms with van der Waals surface area (Å²) in [7, 11) is 3.35. The van der Waals surface area contributed by atoms with Crippen LogP contribution in [0.15, 0.2) is 24.3 Å². The third kappa shape index (κ3) is 5.21. The van der Waals surface area contributed by atoms with Gasteiger partial charge in [-0.2, -0.15) is 0 Å². The van der Waals surface area contributed by atoms with Gasteiger partial charge in [-0.05, 0) is 31.3 Å². The molecule has 0 aliphatic heterocycles. The molecule has 0 radical (unpaired) electrons. The first-order chi connectivity index (χ1) is 8.26. The highest BCUT2D eigenvalue weighted by Crippen LogP contribution is 2.16. The van der Waals surface area contributed by atoms with Gasteiger partial charge in [0, 0.05) is 0 Å². The molecule has 2 N–H and O–H groups in total. The highest BCUT2D eigenvalue weighted by Gasteiger charge is 1.98. The van der Waals surface area contributed by atoms with Gasteiger partial charge in [0.2, 0.25) is 5.91 Å². The van der Waals surface area contributed by atoms with Crippen LogP contribution in [0.4, 0.5) is 0 Å². The van der Waals surface area contributed by atoms with Gasteiger partial charge in [0.05, 0.1) is 20.2 Å². The Morgan fingerprint density at radius 2 is 1.88 bits per heavy atom. The lowest BCUT2D eigenvalue weighted by atomic mass is 10.3. The molecule has 0 bridgehead atoms. The second kappa shape index (κ2) is 7.51. The Labute approximate surface area is 101 Å². The zero-order valence-electron chi connectivity index (χ0n) is 10.2. The predicted molar refractivity (Wildman–Crippen MR) is 65.4 cm³/mol. The van der Waals surface area contributed by atoms with Crippen molar-refractivity contribution in [2.24, 2.45) is 0 Å². The average Bonchev–Trinajstić information content (AvgIpc) is 2.36. The number of ether oxygens (including phenoxy) is 2. The Balaban J connectivity index is 2.19. The molecule has 5 heteroatoms. The molecule has 0 aromatic heterocycles. The lowest BCUT2D eigenvalue weighted by Gasteiger charge is -2.08. The number of nitrogens with one attached hydrogen (secondary N) is 2. The smallest absolute Gasteiger partial charge is 0.234 e. The molecule has 5 nitrogen and oxygen atoms in total. The van der Waals surface area contributed by atoms with Gasteiger partial charge >= 0.3 is 0 Å². The summed E-state index contributed by atoms with van der Waals surface area (Å²) in [5, 5.41) is 5.50. The molecule has 0 aliphatic rings. The SMILES string of the molecule is CNCC(=O)NCCOc1ccc(OC)cc1. The van der Waals surface area contributed by atoms with E-state index in [4.69, 9.17) is 9.47 Å². The summed E-state index contributed by atoms with van der Waals surface area (Å²) in [5.74, 6) is 1.51. The number of hydrogen-bond acceptors (Lipinski definition) is 4. The molecule has 1 rings (SSSR count). The van der Waals surface area contributed by atoms with Gasteiger partial charge in [0.25, 0.3) is 0 Å². The van der Waals surface area contributed by atoms with Gasteiger partial charge in [-0.3, -0.25) is 4.79 Å². The second-order valence-corrected chi connectivity index (χ2v) is 3.40. The molecule has 0 saturated carbocycles. The number of likely N-dealkylation sites (N-methyl/N-ethyl adjacent to an activating group) is 1. The first kappa shape index (κ1) is 13.3. The van der Waals surface area contributed by atoms with Crippen LogP contribution in [0.25, 0.3) is 0 Å². The highest BCUT2D eigenvalue weighted by molar-refractivity contribution is 5.77. The van der Waals surface area contributed by atoms with Crippen molar-refractivity contribution in [1.29, 1.82) is 0 Å². The van der Waals surface area contributed by atoms with E-state index in [0.717, 1.165) is 11.5 Å². The summed E-state index contributed by atoms with van der Waals surface area (Å²) < 4.78 is 10.5. The molecule has 1 aromatic rings. The monoisotopic (exact) mass is 238 g/mol. The molecule has 94 valence electrons. The highest BCUT2D eigenvalue weighted by atomic mass is 16.5. The minimum Gasteiger partial charge on any atom is -0.497 e. The minimum atomic E-state index is -0.0363. The van der Waals surface area contributed by atoms with E-state index in [0.29, 0.717) is 19.7 Å². The van der Waals surface area contributed by atoms with Crippen LogP contribution in [-0.2, 0) is 4.79 Å². The third-order valence-corrected chi connectivity index (χ3v) is 2.09. The molecule has 1 aromatic carbocycles. The zero-order valence-corrected chi connectivity index (χ0v) is 10.2. The Hall–Kier alpha value is -1.75. The maximum atomic E-state index is 11.1. The molecule has 0 spiro atoms. The quantitative estimate of drug-likeness (QED) is 0.675. The maximum Gasteiger partial charge on any atom is 0.234 e. The third-order valence-electron chi connectivity index (χ3n) is 2.09. The van der Waals surface area contributed by atoms with Crippen LogP contribution in [0.5, 0.6) is 11.5 Å². The second-order valence-electron chi connectivity index (χ2n) is 3.40. The van der Waals surface area contributed by atoms with E-state index in [2.05, 4.69) is 10.6 Å². The van der Waals surface area contributed by atoms with Crippen molar-refractivity contribution in [1.82, 2.24) is 10.6 Å². The Morgan fingerprint density at radius 1 is 1.24 bits per heavy atom. The molecule has 17 heavy (non-hydrogen) atoms. The van der Waals surface area contributed by atoms with Crippen LogP contribution in [0.3, 0.4) is 0 Å².